The van der Waals surface area contributed by atoms with Gasteiger partial charge in [-0.2, -0.15) is 11.8 Å². The third-order valence-electron chi connectivity index (χ3n) is 5.00. The predicted molar refractivity (Wildman–Crippen MR) is 105 cm³/mol. The van der Waals surface area contributed by atoms with E-state index in [4.69, 9.17) is 4.52 Å². The van der Waals surface area contributed by atoms with E-state index < -0.39 is 0 Å². The Kier molecular flexibility index (Phi) is 4.98. The smallest absolute Gasteiger partial charge is 0.228 e. The number of carbonyl (C=O) groups excluding carboxylic acids is 1. The molecule has 0 bridgehead atoms. The van der Waals surface area contributed by atoms with E-state index in [0.717, 1.165) is 41.9 Å². The molecule has 0 unspecified atom stereocenters. The summed E-state index contributed by atoms with van der Waals surface area (Å²) in [5.41, 5.74) is 4.20. The van der Waals surface area contributed by atoms with Gasteiger partial charge in [0.05, 0.1) is 6.42 Å². The predicted octanol–water partition coefficient (Wildman–Crippen LogP) is 4.39. The molecule has 0 spiro atoms. The molecule has 4 rings (SSSR count). The second-order valence-corrected chi connectivity index (χ2v) is 8.00. The fourth-order valence-electron chi connectivity index (χ4n) is 3.54. The Balaban J connectivity index is 1.44. The van der Waals surface area contributed by atoms with Gasteiger partial charge < -0.3 is 9.42 Å². The Bertz CT molecular complexity index is 921. The quantitative estimate of drug-likeness (QED) is 0.690. The maximum absolute atomic E-state index is 12.8. The molecule has 5 heteroatoms. The van der Waals surface area contributed by atoms with E-state index in [1.807, 2.05) is 40.9 Å². The zero-order valence-electron chi connectivity index (χ0n) is 14.9. The van der Waals surface area contributed by atoms with Crippen molar-refractivity contribution >= 4 is 28.6 Å². The van der Waals surface area contributed by atoms with E-state index in [-0.39, 0.29) is 5.91 Å². The molecule has 1 atom stereocenters. The van der Waals surface area contributed by atoms with Gasteiger partial charge in [0.15, 0.2) is 5.58 Å². The van der Waals surface area contributed by atoms with Gasteiger partial charge >= 0.3 is 0 Å². The number of amides is 1. The number of para-hydroxylation sites is 1. The molecular weight excluding hydrogens is 344 g/mol. The fourth-order valence-corrected chi connectivity index (χ4v) is 4.86. The van der Waals surface area contributed by atoms with Crippen LogP contribution in [0.5, 0.6) is 0 Å². The molecule has 2 aromatic carbocycles. The first-order valence-corrected chi connectivity index (χ1v) is 10.1. The van der Waals surface area contributed by atoms with Crippen molar-refractivity contribution in [2.24, 2.45) is 0 Å². The van der Waals surface area contributed by atoms with Gasteiger partial charge in [0.2, 0.25) is 5.91 Å². The Hall–Kier alpha value is -2.27. The summed E-state index contributed by atoms with van der Waals surface area (Å²) in [7, 11) is 0. The maximum atomic E-state index is 12.8. The van der Waals surface area contributed by atoms with E-state index in [1.165, 1.54) is 11.1 Å². The van der Waals surface area contributed by atoms with Gasteiger partial charge in [-0.05, 0) is 36.6 Å². The SMILES string of the molecule is Cc1ccccc1[C@H]1CCN(C(=O)Cc2noc3ccccc23)CCS1. The topological polar surface area (TPSA) is 46.3 Å². The van der Waals surface area contributed by atoms with Crippen LogP contribution in [0.1, 0.15) is 28.5 Å². The van der Waals surface area contributed by atoms with Gasteiger partial charge in [-0.25, -0.2) is 0 Å². The number of rotatable bonds is 3. The van der Waals surface area contributed by atoms with Crippen LogP contribution in [0.15, 0.2) is 53.1 Å². The van der Waals surface area contributed by atoms with E-state index in [9.17, 15) is 4.79 Å². The van der Waals surface area contributed by atoms with Crippen LogP contribution >= 0.6 is 11.8 Å². The number of thioether (sulfide) groups is 1. The zero-order valence-corrected chi connectivity index (χ0v) is 15.7. The lowest BCUT2D eigenvalue weighted by atomic mass is 10.0. The Morgan fingerprint density at radius 1 is 1.19 bits per heavy atom. The number of benzene rings is 2. The lowest BCUT2D eigenvalue weighted by Gasteiger charge is -2.20. The minimum Gasteiger partial charge on any atom is -0.356 e. The molecule has 0 N–H and O–H groups in total. The van der Waals surface area contributed by atoms with Crippen LogP contribution < -0.4 is 0 Å². The molecule has 1 fully saturated rings. The molecule has 4 nitrogen and oxygen atoms in total. The molecule has 3 aromatic rings. The van der Waals surface area contributed by atoms with Crippen LogP contribution in [0.2, 0.25) is 0 Å². The largest absolute Gasteiger partial charge is 0.356 e. The minimum absolute atomic E-state index is 0.134. The highest BCUT2D eigenvalue weighted by atomic mass is 32.2. The second-order valence-electron chi connectivity index (χ2n) is 6.69. The summed E-state index contributed by atoms with van der Waals surface area (Å²) in [5.74, 6) is 1.10. The van der Waals surface area contributed by atoms with Crippen molar-refractivity contribution in [3.05, 3.63) is 65.4 Å². The molecule has 0 aliphatic carbocycles. The lowest BCUT2D eigenvalue weighted by molar-refractivity contribution is -0.130. The molecule has 0 radical (unpaired) electrons. The summed E-state index contributed by atoms with van der Waals surface area (Å²) in [5, 5.41) is 5.49. The third kappa shape index (κ3) is 3.49. The first-order valence-electron chi connectivity index (χ1n) is 9.00. The normalized spacial score (nSPS) is 18.0. The highest BCUT2D eigenvalue weighted by Crippen LogP contribution is 2.36. The molecular formula is C21H22N2O2S. The van der Waals surface area contributed by atoms with Crippen molar-refractivity contribution in [3.8, 4) is 0 Å². The molecule has 1 amide bonds. The number of hydrogen-bond donors (Lipinski definition) is 0. The molecule has 1 aliphatic rings. The first kappa shape index (κ1) is 17.2. The van der Waals surface area contributed by atoms with Crippen LogP contribution in [0, 0.1) is 6.92 Å². The van der Waals surface area contributed by atoms with E-state index >= 15 is 0 Å². The highest BCUT2D eigenvalue weighted by Gasteiger charge is 2.24. The fraction of sp³-hybridized carbons (Fsp3) is 0.333. The van der Waals surface area contributed by atoms with Gasteiger partial charge in [0, 0.05) is 29.5 Å². The van der Waals surface area contributed by atoms with Gasteiger partial charge in [-0.3, -0.25) is 4.79 Å². The number of fused-ring (bicyclic) bond motifs is 1. The van der Waals surface area contributed by atoms with Crippen molar-refractivity contribution < 1.29 is 9.32 Å². The highest BCUT2D eigenvalue weighted by molar-refractivity contribution is 7.99. The maximum Gasteiger partial charge on any atom is 0.228 e. The second kappa shape index (κ2) is 7.54. The standard InChI is InChI=1S/C21H22N2O2S/c1-15-6-2-3-7-16(15)20-10-11-23(12-13-26-20)21(24)14-18-17-8-4-5-9-19(17)25-22-18/h2-9,20H,10-14H2,1H3/t20-/m1/s1. The molecule has 134 valence electrons. The van der Waals surface area contributed by atoms with E-state index in [1.54, 1.807) is 0 Å². The number of nitrogens with zero attached hydrogens (tertiary/aromatic N) is 2. The summed E-state index contributed by atoms with van der Waals surface area (Å²) in [4.78, 5) is 14.8. The molecule has 26 heavy (non-hydrogen) atoms. The van der Waals surface area contributed by atoms with Crippen molar-refractivity contribution in [2.75, 3.05) is 18.8 Å². The van der Waals surface area contributed by atoms with Gasteiger partial charge in [-0.15, -0.1) is 0 Å². The molecule has 2 heterocycles. The molecule has 1 aromatic heterocycles. The number of aryl methyl sites for hydroxylation is 1. The summed E-state index contributed by atoms with van der Waals surface area (Å²) >= 11 is 1.95. The lowest BCUT2D eigenvalue weighted by Crippen LogP contribution is -2.34. The van der Waals surface area contributed by atoms with Crippen molar-refractivity contribution in [1.82, 2.24) is 10.1 Å². The summed E-state index contributed by atoms with van der Waals surface area (Å²) in [6, 6.07) is 16.3. The van der Waals surface area contributed by atoms with Crippen LogP contribution in [0.3, 0.4) is 0 Å². The van der Waals surface area contributed by atoms with Crippen LogP contribution in [-0.4, -0.2) is 34.8 Å². The van der Waals surface area contributed by atoms with E-state index in [2.05, 4.69) is 36.3 Å². The van der Waals surface area contributed by atoms with Gasteiger partial charge in [0.1, 0.15) is 5.69 Å². The minimum atomic E-state index is 0.134. The molecule has 1 aliphatic heterocycles. The zero-order chi connectivity index (χ0) is 17.9. The first-order chi connectivity index (χ1) is 12.7. The average molecular weight is 366 g/mol. The van der Waals surface area contributed by atoms with Crippen LogP contribution in [-0.2, 0) is 11.2 Å². The summed E-state index contributed by atoms with van der Waals surface area (Å²) in [6.07, 6.45) is 1.29. The molecule has 1 saturated heterocycles. The van der Waals surface area contributed by atoms with Crippen molar-refractivity contribution in [1.29, 1.82) is 0 Å². The monoisotopic (exact) mass is 366 g/mol. The van der Waals surface area contributed by atoms with Gasteiger partial charge in [-0.1, -0.05) is 41.6 Å². The van der Waals surface area contributed by atoms with Gasteiger partial charge in [0.25, 0.3) is 0 Å². The summed E-state index contributed by atoms with van der Waals surface area (Å²) in [6.45, 7) is 3.75. The third-order valence-corrected chi connectivity index (χ3v) is 6.31. The number of carbonyl (C=O) groups is 1. The van der Waals surface area contributed by atoms with Crippen LogP contribution in [0.25, 0.3) is 11.0 Å². The van der Waals surface area contributed by atoms with Crippen molar-refractivity contribution in [3.63, 3.8) is 0 Å². The Labute approximate surface area is 157 Å². The van der Waals surface area contributed by atoms with Crippen molar-refractivity contribution in [2.45, 2.75) is 25.0 Å². The van der Waals surface area contributed by atoms with Crippen LogP contribution in [0.4, 0.5) is 0 Å². The summed E-state index contributed by atoms with van der Waals surface area (Å²) < 4.78 is 5.33. The van der Waals surface area contributed by atoms with E-state index in [0.29, 0.717) is 11.7 Å². The Morgan fingerprint density at radius 3 is 2.88 bits per heavy atom. The Morgan fingerprint density at radius 2 is 2.00 bits per heavy atom. The average Bonchev–Trinajstić information content (AvgIpc) is 2.90. The molecule has 0 saturated carbocycles. The number of aromatic nitrogens is 1. The number of hydrogen-bond acceptors (Lipinski definition) is 4.